The highest BCUT2D eigenvalue weighted by molar-refractivity contribution is 7.18. The standard InChI is InChI=1S/C21H21FN4O2S/c1-3-11-26(20(28)16-9-4-5-10-17(16)22)13-18(27)23-21-25-24-19(29-21)15-8-6-7-14(2)12-15/h4-10,12H,3,11,13H2,1-2H3,(H,23,25,27). The van der Waals surface area contributed by atoms with Crippen molar-refractivity contribution < 1.29 is 14.0 Å². The van der Waals surface area contributed by atoms with E-state index in [2.05, 4.69) is 15.5 Å². The molecule has 6 nitrogen and oxygen atoms in total. The van der Waals surface area contributed by atoms with Crippen molar-refractivity contribution >= 4 is 28.3 Å². The Hall–Kier alpha value is -3.13. The summed E-state index contributed by atoms with van der Waals surface area (Å²) in [5.74, 6) is -1.53. The molecule has 0 radical (unpaired) electrons. The molecule has 0 bridgehead atoms. The molecule has 2 aromatic carbocycles. The quantitative estimate of drug-likeness (QED) is 0.633. The molecular formula is C21H21FN4O2S. The fourth-order valence-electron chi connectivity index (χ4n) is 2.83. The lowest BCUT2D eigenvalue weighted by molar-refractivity contribution is -0.116. The maximum atomic E-state index is 14.0. The molecule has 2 amide bonds. The average Bonchev–Trinajstić information content (AvgIpc) is 3.16. The van der Waals surface area contributed by atoms with Crippen molar-refractivity contribution in [2.24, 2.45) is 0 Å². The molecule has 0 spiro atoms. The topological polar surface area (TPSA) is 75.2 Å². The lowest BCUT2D eigenvalue weighted by Crippen LogP contribution is -2.38. The van der Waals surface area contributed by atoms with Crippen LogP contribution in [0.4, 0.5) is 9.52 Å². The first kappa shape index (κ1) is 20.6. The summed E-state index contributed by atoms with van der Waals surface area (Å²) < 4.78 is 14.0. The van der Waals surface area contributed by atoms with Crippen LogP contribution in [0.2, 0.25) is 0 Å². The summed E-state index contributed by atoms with van der Waals surface area (Å²) in [5.41, 5.74) is 1.97. The Bertz CT molecular complexity index is 1020. The number of anilines is 1. The predicted octanol–water partition coefficient (Wildman–Crippen LogP) is 4.14. The molecule has 1 aromatic heterocycles. The maximum Gasteiger partial charge on any atom is 0.257 e. The number of aryl methyl sites for hydroxylation is 1. The van der Waals surface area contributed by atoms with E-state index in [-0.39, 0.29) is 12.1 Å². The van der Waals surface area contributed by atoms with Gasteiger partial charge in [0.25, 0.3) is 5.91 Å². The largest absolute Gasteiger partial charge is 0.329 e. The van der Waals surface area contributed by atoms with Crippen molar-refractivity contribution in [1.29, 1.82) is 0 Å². The molecule has 1 heterocycles. The first-order chi connectivity index (χ1) is 14.0. The lowest BCUT2D eigenvalue weighted by Gasteiger charge is -2.21. The monoisotopic (exact) mass is 412 g/mol. The predicted molar refractivity (Wildman–Crippen MR) is 111 cm³/mol. The molecule has 0 saturated heterocycles. The van der Waals surface area contributed by atoms with Gasteiger partial charge in [-0.25, -0.2) is 4.39 Å². The van der Waals surface area contributed by atoms with Gasteiger partial charge in [-0.2, -0.15) is 0 Å². The number of carbonyl (C=O) groups excluding carboxylic acids is 2. The van der Waals surface area contributed by atoms with Crippen LogP contribution in [0.25, 0.3) is 10.6 Å². The molecule has 3 rings (SSSR count). The minimum atomic E-state index is -0.606. The van der Waals surface area contributed by atoms with E-state index in [4.69, 9.17) is 0 Å². The second kappa shape index (κ2) is 9.38. The Labute approximate surface area is 172 Å². The lowest BCUT2D eigenvalue weighted by atomic mass is 10.1. The third kappa shape index (κ3) is 5.23. The van der Waals surface area contributed by atoms with E-state index in [0.29, 0.717) is 23.1 Å². The van der Waals surface area contributed by atoms with E-state index >= 15 is 0 Å². The molecule has 0 aliphatic carbocycles. The van der Waals surface area contributed by atoms with Gasteiger partial charge in [0.05, 0.1) is 5.56 Å². The number of halogens is 1. The molecule has 0 aliphatic heterocycles. The number of benzene rings is 2. The molecule has 0 saturated carbocycles. The van der Waals surface area contributed by atoms with Gasteiger partial charge < -0.3 is 4.90 Å². The van der Waals surface area contributed by atoms with Crippen molar-refractivity contribution in [3.8, 4) is 10.6 Å². The fourth-order valence-corrected chi connectivity index (χ4v) is 3.58. The summed E-state index contributed by atoms with van der Waals surface area (Å²) in [6.07, 6.45) is 0.643. The molecule has 29 heavy (non-hydrogen) atoms. The van der Waals surface area contributed by atoms with Crippen molar-refractivity contribution in [2.45, 2.75) is 20.3 Å². The number of nitrogens with one attached hydrogen (secondary N) is 1. The Morgan fingerprint density at radius 3 is 2.66 bits per heavy atom. The summed E-state index contributed by atoms with van der Waals surface area (Å²) >= 11 is 1.25. The van der Waals surface area contributed by atoms with Crippen LogP contribution in [0.5, 0.6) is 0 Å². The number of rotatable bonds is 7. The third-order valence-corrected chi connectivity index (χ3v) is 5.04. The van der Waals surface area contributed by atoms with E-state index in [9.17, 15) is 14.0 Å². The van der Waals surface area contributed by atoms with E-state index in [1.54, 1.807) is 6.07 Å². The molecule has 0 fully saturated rings. The third-order valence-electron chi connectivity index (χ3n) is 4.16. The highest BCUT2D eigenvalue weighted by Crippen LogP contribution is 2.26. The number of amides is 2. The second-order valence-corrected chi connectivity index (χ2v) is 7.51. The molecular weight excluding hydrogens is 391 g/mol. The minimum Gasteiger partial charge on any atom is -0.329 e. The van der Waals surface area contributed by atoms with Gasteiger partial charge in [0.15, 0.2) is 0 Å². The van der Waals surface area contributed by atoms with Crippen LogP contribution in [0, 0.1) is 12.7 Å². The highest BCUT2D eigenvalue weighted by Gasteiger charge is 2.21. The molecule has 8 heteroatoms. The van der Waals surface area contributed by atoms with Crippen molar-refractivity contribution in [3.05, 3.63) is 65.5 Å². The Kier molecular flexibility index (Phi) is 6.66. The van der Waals surface area contributed by atoms with Crippen LogP contribution in [0.3, 0.4) is 0 Å². The normalized spacial score (nSPS) is 10.6. The first-order valence-corrected chi connectivity index (χ1v) is 10.0. The summed E-state index contributed by atoms with van der Waals surface area (Å²) in [6.45, 7) is 4.02. The summed E-state index contributed by atoms with van der Waals surface area (Å²) in [4.78, 5) is 26.4. The smallest absolute Gasteiger partial charge is 0.257 e. The van der Waals surface area contributed by atoms with Crippen molar-refractivity contribution in [3.63, 3.8) is 0 Å². The van der Waals surface area contributed by atoms with E-state index in [1.807, 2.05) is 38.1 Å². The zero-order valence-corrected chi connectivity index (χ0v) is 17.0. The minimum absolute atomic E-state index is 0.0496. The van der Waals surface area contributed by atoms with Crippen LogP contribution in [-0.4, -0.2) is 40.0 Å². The van der Waals surface area contributed by atoms with Crippen LogP contribution < -0.4 is 5.32 Å². The number of aromatic nitrogens is 2. The Morgan fingerprint density at radius 1 is 1.14 bits per heavy atom. The van der Waals surface area contributed by atoms with Crippen LogP contribution in [0.15, 0.2) is 48.5 Å². The van der Waals surface area contributed by atoms with E-state index in [0.717, 1.165) is 11.1 Å². The summed E-state index contributed by atoms with van der Waals surface area (Å²) in [6, 6.07) is 13.6. The van der Waals surface area contributed by atoms with Gasteiger partial charge >= 0.3 is 0 Å². The van der Waals surface area contributed by atoms with Crippen LogP contribution in [0.1, 0.15) is 29.3 Å². The van der Waals surface area contributed by atoms with Gasteiger partial charge in [0.2, 0.25) is 11.0 Å². The van der Waals surface area contributed by atoms with Gasteiger partial charge in [0.1, 0.15) is 17.4 Å². The van der Waals surface area contributed by atoms with E-state index in [1.165, 1.54) is 34.4 Å². The van der Waals surface area contributed by atoms with Gasteiger partial charge in [-0.05, 0) is 31.5 Å². The average molecular weight is 412 g/mol. The number of carbonyl (C=O) groups is 2. The second-order valence-electron chi connectivity index (χ2n) is 6.54. The Balaban J connectivity index is 1.68. The molecule has 1 N–H and O–H groups in total. The first-order valence-electron chi connectivity index (χ1n) is 9.22. The molecule has 0 unspecified atom stereocenters. The molecule has 150 valence electrons. The summed E-state index contributed by atoms with van der Waals surface area (Å²) in [7, 11) is 0. The van der Waals surface area contributed by atoms with Crippen molar-refractivity contribution in [1.82, 2.24) is 15.1 Å². The number of hydrogen-bond donors (Lipinski definition) is 1. The Morgan fingerprint density at radius 2 is 1.93 bits per heavy atom. The van der Waals surface area contributed by atoms with Crippen LogP contribution in [-0.2, 0) is 4.79 Å². The molecule has 3 aromatic rings. The van der Waals surface area contributed by atoms with Gasteiger partial charge in [0, 0.05) is 12.1 Å². The van der Waals surface area contributed by atoms with E-state index < -0.39 is 17.6 Å². The molecule has 0 aliphatic rings. The van der Waals surface area contributed by atoms with Crippen LogP contribution >= 0.6 is 11.3 Å². The number of hydrogen-bond acceptors (Lipinski definition) is 5. The van der Waals surface area contributed by atoms with Crippen molar-refractivity contribution in [2.75, 3.05) is 18.4 Å². The van der Waals surface area contributed by atoms with Gasteiger partial charge in [-0.1, -0.05) is 54.2 Å². The molecule has 0 atom stereocenters. The zero-order chi connectivity index (χ0) is 20.8. The number of nitrogens with zero attached hydrogens (tertiary/aromatic N) is 3. The highest BCUT2D eigenvalue weighted by atomic mass is 32.1. The summed E-state index contributed by atoms with van der Waals surface area (Å²) in [5, 5.41) is 11.8. The van der Waals surface area contributed by atoms with Gasteiger partial charge in [-0.3, -0.25) is 14.9 Å². The SMILES string of the molecule is CCCN(CC(=O)Nc1nnc(-c2cccc(C)c2)s1)C(=O)c1ccccc1F. The fraction of sp³-hybridized carbons (Fsp3) is 0.238. The zero-order valence-electron chi connectivity index (χ0n) is 16.2. The van der Waals surface area contributed by atoms with Gasteiger partial charge in [-0.15, -0.1) is 10.2 Å². The maximum absolute atomic E-state index is 14.0.